The van der Waals surface area contributed by atoms with E-state index in [-0.39, 0.29) is 23.8 Å². The van der Waals surface area contributed by atoms with Gasteiger partial charge in [-0.05, 0) is 92.4 Å². The minimum Gasteiger partial charge on any atom is -0.459 e. The molecule has 0 spiro atoms. The van der Waals surface area contributed by atoms with E-state index in [9.17, 15) is 9.59 Å². The maximum Gasteiger partial charge on any atom is 0.309 e. The van der Waals surface area contributed by atoms with Crippen LogP contribution >= 0.6 is 0 Å². The molecular formula is C22H38N2O4. The largest absolute Gasteiger partial charge is 0.459 e. The van der Waals surface area contributed by atoms with Crippen molar-refractivity contribution in [3.63, 3.8) is 0 Å². The van der Waals surface area contributed by atoms with Crippen molar-refractivity contribution in [1.29, 1.82) is 0 Å². The first-order chi connectivity index (χ1) is 13.2. The zero-order chi connectivity index (χ0) is 20.4. The number of hydrogen-bond acceptors (Lipinski definition) is 6. The molecule has 2 aliphatic heterocycles. The van der Waals surface area contributed by atoms with E-state index >= 15 is 0 Å². The Balaban J connectivity index is 1.44. The van der Waals surface area contributed by atoms with E-state index in [1.807, 2.05) is 27.7 Å². The van der Waals surface area contributed by atoms with E-state index in [0.717, 1.165) is 51.9 Å². The number of ether oxygens (including phenoxy) is 2. The molecule has 2 heterocycles. The number of carbonyl (C=O) groups excluding carboxylic acids is 2. The van der Waals surface area contributed by atoms with E-state index in [1.165, 1.54) is 0 Å². The van der Waals surface area contributed by atoms with E-state index in [0.29, 0.717) is 24.7 Å². The second kappa shape index (κ2) is 8.70. The molecule has 0 radical (unpaired) electrons. The van der Waals surface area contributed by atoms with Crippen molar-refractivity contribution in [2.75, 3.05) is 26.2 Å². The molecule has 3 fully saturated rings. The lowest BCUT2D eigenvalue weighted by Gasteiger charge is -2.41. The van der Waals surface area contributed by atoms with Gasteiger partial charge in [-0.1, -0.05) is 0 Å². The molecule has 0 atom stereocenters. The fourth-order valence-electron chi connectivity index (χ4n) is 4.89. The van der Waals surface area contributed by atoms with Crippen molar-refractivity contribution in [2.45, 2.75) is 77.4 Å². The minimum absolute atomic E-state index is 0.148. The molecule has 0 amide bonds. The van der Waals surface area contributed by atoms with Gasteiger partial charge < -0.3 is 20.1 Å². The average molecular weight is 395 g/mol. The van der Waals surface area contributed by atoms with Crippen molar-refractivity contribution >= 4 is 11.9 Å². The normalized spacial score (nSPS) is 27.7. The first-order valence-corrected chi connectivity index (χ1v) is 11.1. The molecule has 6 heteroatoms. The molecule has 2 saturated heterocycles. The number of rotatable bonds is 6. The molecule has 3 aliphatic rings. The Kier molecular flexibility index (Phi) is 6.70. The zero-order valence-corrected chi connectivity index (χ0v) is 18.0. The second-order valence-corrected chi connectivity index (χ2v) is 9.96. The number of carbonyl (C=O) groups is 2. The lowest BCUT2D eigenvalue weighted by Crippen LogP contribution is -2.47. The highest BCUT2D eigenvalue weighted by Gasteiger charge is 2.45. The molecule has 0 aromatic heterocycles. The number of nitrogens with one attached hydrogen (secondary N) is 2. The first-order valence-electron chi connectivity index (χ1n) is 11.1. The summed E-state index contributed by atoms with van der Waals surface area (Å²) in [4.78, 5) is 25.2. The van der Waals surface area contributed by atoms with Crippen LogP contribution in [0.5, 0.6) is 0 Å². The van der Waals surface area contributed by atoms with Crippen molar-refractivity contribution in [1.82, 2.24) is 10.6 Å². The number of esters is 2. The van der Waals surface area contributed by atoms with Crippen molar-refractivity contribution in [3.8, 4) is 0 Å². The summed E-state index contributed by atoms with van der Waals surface area (Å²) in [6, 6.07) is 0. The molecular weight excluding hydrogens is 356 g/mol. The van der Waals surface area contributed by atoms with Crippen LogP contribution in [0.25, 0.3) is 0 Å². The standard InChI is InChI=1S/C22H38N2O4/c1-21(2,17-5-9-23-10-6-17)27-19(25)15-13-16(14-15)20(26)28-22(3,4)18-7-11-24-12-8-18/h15-18,23-24H,5-14H2,1-4H3. The molecule has 160 valence electrons. The predicted molar refractivity (Wildman–Crippen MR) is 108 cm³/mol. The third-order valence-corrected chi connectivity index (χ3v) is 7.18. The first kappa shape index (κ1) is 21.6. The highest BCUT2D eigenvalue weighted by atomic mass is 16.6. The third-order valence-electron chi connectivity index (χ3n) is 7.18. The molecule has 1 aliphatic carbocycles. The fraction of sp³-hybridized carbons (Fsp3) is 0.909. The number of hydrogen-bond donors (Lipinski definition) is 2. The van der Waals surface area contributed by atoms with Gasteiger partial charge >= 0.3 is 11.9 Å². The monoisotopic (exact) mass is 394 g/mol. The lowest BCUT2D eigenvalue weighted by molar-refractivity contribution is -0.181. The molecule has 0 bridgehead atoms. The number of piperidine rings is 2. The van der Waals surface area contributed by atoms with Crippen LogP contribution in [-0.4, -0.2) is 49.3 Å². The highest BCUT2D eigenvalue weighted by Crippen LogP contribution is 2.40. The average Bonchev–Trinajstić information content (AvgIpc) is 2.61. The molecule has 6 nitrogen and oxygen atoms in total. The predicted octanol–water partition coefficient (Wildman–Crippen LogP) is 2.66. The Hall–Kier alpha value is -1.14. The van der Waals surface area contributed by atoms with Gasteiger partial charge in [0.1, 0.15) is 11.2 Å². The van der Waals surface area contributed by atoms with Crippen LogP contribution in [0, 0.1) is 23.7 Å². The summed E-state index contributed by atoms with van der Waals surface area (Å²) in [6.45, 7) is 12.0. The van der Waals surface area contributed by atoms with E-state index in [4.69, 9.17) is 9.47 Å². The fourth-order valence-corrected chi connectivity index (χ4v) is 4.89. The van der Waals surface area contributed by atoms with Gasteiger partial charge in [-0.25, -0.2) is 0 Å². The van der Waals surface area contributed by atoms with E-state index < -0.39 is 11.2 Å². The smallest absolute Gasteiger partial charge is 0.309 e. The Morgan fingerprint density at radius 3 is 1.32 bits per heavy atom. The van der Waals surface area contributed by atoms with Crippen LogP contribution in [0.3, 0.4) is 0 Å². The lowest BCUT2D eigenvalue weighted by atomic mass is 9.74. The Labute approximate surface area is 169 Å². The second-order valence-electron chi connectivity index (χ2n) is 9.96. The molecule has 1 saturated carbocycles. The van der Waals surface area contributed by atoms with Crippen LogP contribution in [0.15, 0.2) is 0 Å². The summed E-state index contributed by atoms with van der Waals surface area (Å²) < 4.78 is 11.8. The summed E-state index contributed by atoms with van der Waals surface area (Å²) in [6.07, 6.45) is 5.25. The molecule has 0 unspecified atom stereocenters. The van der Waals surface area contributed by atoms with E-state index in [1.54, 1.807) is 0 Å². The van der Waals surface area contributed by atoms with Crippen LogP contribution in [0.2, 0.25) is 0 Å². The van der Waals surface area contributed by atoms with Crippen molar-refractivity contribution < 1.29 is 19.1 Å². The van der Waals surface area contributed by atoms with Gasteiger partial charge in [-0.3, -0.25) is 9.59 Å². The SMILES string of the molecule is CC(C)(OC(=O)C1CC(C(=O)OC(C)(C)C2CCNCC2)C1)C1CCNCC1. The Morgan fingerprint density at radius 1 is 0.679 bits per heavy atom. The van der Waals surface area contributed by atoms with Gasteiger partial charge in [0.15, 0.2) is 0 Å². The van der Waals surface area contributed by atoms with Crippen LogP contribution in [-0.2, 0) is 19.1 Å². The maximum absolute atomic E-state index is 12.6. The third kappa shape index (κ3) is 5.07. The van der Waals surface area contributed by atoms with Gasteiger partial charge in [0, 0.05) is 11.8 Å². The topological polar surface area (TPSA) is 76.7 Å². The van der Waals surface area contributed by atoms with Crippen molar-refractivity contribution in [2.24, 2.45) is 23.7 Å². The van der Waals surface area contributed by atoms with Gasteiger partial charge in [0.2, 0.25) is 0 Å². The molecule has 28 heavy (non-hydrogen) atoms. The Bertz CT molecular complexity index is 509. The highest BCUT2D eigenvalue weighted by molar-refractivity contribution is 5.80. The van der Waals surface area contributed by atoms with E-state index in [2.05, 4.69) is 10.6 Å². The van der Waals surface area contributed by atoms with Gasteiger partial charge in [-0.2, -0.15) is 0 Å². The summed E-state index contributed by atoms with van der Waals surface area (Å²) >= 11 is 0. The molecule has 0 aromatic rings. The molecule has 3 rings (SSSR count). The molecule has 2 N–H and O–H groups in total. The van der Waals surface area contributed by atoms with Crippen molar-refractivity contribution in [3.05, 3.63) is 0 Å². The quantitative estimate of drug-likeness (QED) is 0.675. The van der Waals surface area contributed by atoms with Crippen LogP contribution < -0.4 is 10.6 Å². The van der Waals surface area contributed by atoms with Crippen LogP contribution in [0.4, 0.5) is 0 Å². The summed E-state index contributed by atoms with van der Waals surface area (Å²) in [5.74, 6) is 0.158. The summed E-state index contributed by atoms with van der Waals surface area (Å²) in [7, 11) is 0. The van der Waals surface area contributed by atoms with Gasteiger partial charge in [0.25, 0.3) is 0 Å². The maximum atomic E-state index is 12.6. The Morgan fingerprint density at radius 2 is 1.00 bits per heavy atom. The summed E-state index contributed by atoms with van der Waals surface area (Å²) in [5, 5.41) is 6.70. The molecule has 0 aromatic carbocycles. The van der Waals surface area contributed by atoms with Crippen LogP contribution in [0.1, 0.15) is 66.2 Å². The zero-order valence-electron chi connectivity index (χ0n) is 18.0. The van der Waals surface area contributed by atoms with Gasteiger partial charge in [0.05, 0.1) is 11.8 Å². The van der Waals surface area contributed by atoms with Gasteiger partial charge in [-0.15, -0.1) is 0 Å². The minimum atomic E-state index is -0.443. The summed E-state index contributed by atoms with van der Waals surface area (Å²) in [5.41, 5.74) is -0.885.